The highest BCUT2D eigenvalue weighted by Gasteiger charge is 2.29. The summed E-state index contributed by atoms with van der Waals surface area (Å²) in [5, 5.41) is 10.9. The second kappa shape index (κ2) is 7.57. The maximum absolute atomic E-state index is 12.8. The van der Waals surface area contributed by atoms with E-state index < -0.39 is 0 Å². The molecular formula is C18H24N4O3S. The molecule has 1 amide bonds. The van der Waals surface area contributed by atoms with Crippen molar-refractivity contribution in [1.82, 2.24) is 14.9 Å². The first kappa shape index (κ1) is 18.6. The number of methoxy groups -OCH3 is 1. The number of aromatic nitrogens is 3. The van der Waals surface area contributed by atoms with Crippen LogP contribution in [-0.4, -0.2) is 40.2 Å². The molecule has 0 unspecified atom stereocenters. The highest BCUT2D eigenvalue weighted by molar-refractivity contribution is 7.99. The molecule has 26 heavy (non-hydrogen) atoms. The van der Waals surface area contributed by atoms with Gasteiger partial charge in [-0.25, -0.2) is 9.69 Å². The van der Waals surface area contributed by atoms with E-state index >= 15 is 0 Å². The number of carbonyl (C=O) groups is 1. The monoisotopic (exact) mass is 376 g/mol. The smallest absolute Gasteiger partial charge is 0.242 e. The van der Waals surface area contributed by atoms with Crippen molar-refractivity contribution in [3.63, 3.8) is 0 Å². The molecule has 0 atom stereocenters. The number of benzene rings is 1. The molecule has 7 nitrogen and oxygen atoms in total. The molecule has 1 aromatic heterocycles. The Morgan fingerprint density at radius 3 is 2.65 bits per heavy atom. The number of para-hydroxylation sites is 2. The number of hydrogen-bond donors (Lipinski definition) is 0. The van der Waals surface area contributed by atoms with Crippen molar-refractivity contribution in [3.8, 4) is 11.5 Å². The summed E-state index contributed by atoms with van der Waals surface area (Å²) >= 11 is 1.59. The fourth-order valence-electron chi connectivity index (χ4n) is 2.70. The number of rotatable bonds is 5. The summed E-state index contributed by atoms with van der Waals surface area (Å²) in [6.07, 6.45) is 0.460. The van der Waals surface area contributed by atoms with Crippen molar-refractivity contribution in [1.29, 1.82) is 0 Å². The van der Waals surface area contributed by atoms with Gasteiger partial charge in [-0.15, -0.1) is 10.2 Å². The van der Waals surface area contributed by atoms with Gasteiger partial charge in [-0.05, 0) is 17.5 Å². The average Bonchev–Trinajstić information content (AvgIpc) is 3.02. The molecule has 0 N–H and O–H groups in total. The summed E-state index contributed by atoms with van der Waals surface area (Å²) in [4.78, 5) is 12.8. The van der Waals surface area contributed by atoms with Crippen LogP contribution >= 0.6 is 11.8 Å². The van der Waals surface area contributed by atoms with Crippen LogP contribution < -0.4 is 14.5 Å². The van der Waals surface area contributed by atoms with E-state index in [0.29, 0.717) is 30.3 Å². The summed E-state index contributed by atoms with van der Waals surface area (Å²) in [5.41, 5.74) is -0.0794. The Labute approximate surface area is 157 Å². The minimum Gasteiger partial charge on any atom is -0.493 e. The van der Waals surface area contributed by atoms with Gasteiger partial charge < -0.3 is 9.47 Å². The van der Waals surface area contributed by atoms with Gasteiger partial charge in [0.15, 0.2) is 17.3 Å². The van der Waals surface area contributed by atoms with Gasteiger partial charge in [0.25, 0.3) is 0 Å². The largest absolute Gasteiger partial charge is 0.493 e. The maximum atomic E-state index is 12.8. The Bertz CT molecular complexity index is 785. The molecule has 140 valence electrons. The van der Waals surface area contributed by atoms with Crippen LogP contribution in [0.3, 0.4) is 0 Å². The van der Waals surface area contributed by atoms with Gasteiger partial charge in [0.05, 0.1) is 13.7 Å². The Kier molecular flexibility index (Phi) is 5.41. The standard InChI is InChI=1S/C18H24N4O3S/c1-18(2,3)11-16(23)21-9-10-26-17-20-19-15(22(17)21)12-25-14-8-6-5-7-13(14)24-4/h5-8H,9-12H2,1-4H3. The Morgan fingerprint density at radius 1 is 1.23 bits per heavy atom. The average molecular weight is 376 g/mol. The molecule has 0 saturated carbocycles. The normalized spacial score (nSPS) is 14.1. The summed E-state index contributed by atoms with van der Waals surface area (Å²) in [7, 11) is 1.60. The fraction of sp³-hybridized carbons (Fsp3) is 0.500. The number of hydrogen-bond acceptors (Lipinski definition) is 6. The lowest BCUT2D eigenvalue weighted by Crippen LogP contribution is -2.46. The Hall–Kier alpha value is -2.22. The summed E-state index contributed by atoms with van der Waals surface area (Å²) < 4.78 is 13.0. The third kappa shape index (κ3) is 4.12. The van der Waals surface area contributed by atoms with Gasteiger partial charge in [-0.1, -0.05) is 44.7 Å². The third-order valence-electron chi connectivity index (χ3n) is 3.85. The maximum Gasteiger partial charge on any atom is 0.242 e. The molecule has 0 spiro atoms. The van der Waals surface area contributed by atoms with E-state index in [9.17, 15) is 4.79 Å². The lowest BCUT2D eigenvalue weighted by atomic mass is 9.92. The van der Waals surface area contributed by atoms with Crippen LogP contribution in [0, 0.1) is 5.41 Å². The Balaban J connectivity index is 1.80. The van der Waals surface area contributed by atoms with E-state index in [0.717, 1.165) is 10.9 Å². The molecule has 3 rings (SSSR count). The van der Waals surface area contributed by atoms with E-state index in [4.69, 9.17) is 9.47 Å². The number of thioether (sulfide) groups is 1. The highest BCUT2D eigenvalue weighted by atomic mass is 32.2. The van der Waals surface area contributed by atoms with Crippen molar-refractivity contribution in [2.75, 3.05) is 24.4 Å². The van der Waals surface area contributed by atoms with Crippen LogP contribution in [0.15, 0.2) is 29.4 Å². The molecule has 0 aliphatic carbocycles. The van der Waals surface area contributed by atoms with Crippen molar-refractivity contribution >= 4 is 17.7 Å². The van der Waals surface area contributed by atoms with E-state index in [1.54, 1.807) is 28.6 Å². The molecule has 2 heterocycles. The molecule has 1 aliphatic heterocycles. The van der Waals surface area contributed by atoms with Gasteiger partial charge in [-0.3, -0.25) is 4.79 Å². The molecule has 1 aliphatic rings. The first-order chi connectivity index (χ1) is 12.4. The SMILES string of the molecule is COc1ccccc1OCc1nnc2n1N(C(=O)CC(C)(C)C)CCS2. The molecule has 2 aromatic rings. The summed E-state index contributed by atoms with van der Waals surface area (Å²) in [6.45, 7) is 7.01. The zero-order valence-electron chi connectivity index (χ0n) is 15.6. The predicted octanol–water partition coefficient (Wildman–Crippen LogP) is 2.87. The van der Waals surface area contributed by atoms with E-state index in [2.05, 4.69) is 31.0 Å². The molecular weight excluding hydrogens is 352 g/mol. The number of fused-ring (bicyclic) bond motifs is 1. The van der Waals surface area contributed by atoms with Gasteiger partial charge >= 0.3 is 0 Å². The number of nitrogens with zero attached hydrogens (tertiary/aromatic N) is 4. The molecule has 8 heteroatoms. The molecule has 0 bridgehead atoms. The van der Waals surface area contributed by atoms with Crippen LogP contribution in [0.1, 0.15) is 33.0 Å². The summed E-state index contributed by atoms with van der Waals surface area (Å²) in [6, 6.07) is 7.44. The van der Waals surface area contributed by atoms with Crippen LogP contribution in [-0.2, 0) is 11.4 Å². The lowest BCUT2D eigenvalue weighted by Gasteiger charge is -2.31. The first-order valence-electron chi connectivity index (χ1n) is 8.52. The van der Waals surface area contributed by atoms with E-state index in [1.165, 1.54) is 0 Å². The highest BCUT2D eigenvalue weighted by Crippen LogP contribution is 2.28. The third-order valence-corrected chi connectivity index (χ3v) is 4.75. The zero-order valence-corrected chi connectivity index (χ0v) is 16.4. The minimum absolute atomic E-state index is 0.0670. The number of carbonyl (C=O) groups excluding carboxylic acids is 1. The van der Waals surface area contributed by atoms with Crippen molar-refractivity contribution in [3.05, 3.63) is 30.1 Å². The lowest BCUT2D eigenvalue weighted by molar-refractivity contribution is -0.122. The minimum atomic E-state index is -0.0794. The van der Waals surface area contributed by atoms with Crippen LogP contribution in [0.4, 0.5) is 0 Å². The second-order valence-corrected chi connectivity index (χ2v) is 8.31. The molecule has 0 fully saturated rings. The van der Waals surface area contributed by atoms with Crippen LogP contribution in [0.2, 0.25) is 0 Å². The van der Waals surface area contributed by atoms with Crippen molar-refractivity contribution in [2.24, 2.45) is 5.41 Å². The van der Waals surface area contributed by atoms with Gasteiger partial charge in [-0.2, -0.15) is 0 Å². The van der Waals surface area contributed by atoms with Crippen LogP contribution in [0.5, 0.6) is 11.5 Å². The fourth-order valence-corrected chi connectivity index (χ4v) is 3.57. The Morgan fingerprint density at radius 2 is 1.96 bits per heavy atom. The first-order valence-corrected chi connectivity index (χ1v) is 9.51. The van der Waals surface area contributed by atoms with Crippen molar-refractivity contribution < 1.29 is 14.3 Å². The van der Waals surface area contributed by atoms with Gasteiger partial charge in [0.1, 0.15) is 6.61 Å². The number of amides is 1. The topological polar surface area (TPSA) is 69.5 Å². The predicted molar refractivity (Wildman–Crippen MR) is 100 cm³/mol. The van der Waals surface area contributed by atoms with E-state index in [1.807, 2.05) is 24.3 Å². The van der Waals surface area contributed by atoms with E-state index in [-0.39, 0.29) is 17.9 Å². The summed E-state index contributed by atoms with van der Waals surface area (Å²) in [5.74, 6) is 2.75. The van der Waals surface area contributed by atoms with Gasteiger partial charge in [0.2, 0.25) is 11.1 Å². The van der Waals surface area contributed by atoms with Gasteiger partial charge in [0, 0.05) is 12.2 Å². The molecule has 0 radical (unpaired) electrons. The quantitative estimate of drug-likeness (QED) is 0.799. The van der Waals surface area contributed by atoms with Crippen molar-refractivity contribution in [2.45, 2.75) is 39.0 Å². The second-order valence-electron chi connectivity index (χ2n) is 7.25. The van der Waals surface area contributed by atoms with Crippen LogP contribution in [0.25, 0.3) is 0 Å². The molecule has 1 aromatic carbocycles. The zero-order chi connectivity index (χ0) is 18.7. The number of ether oxygens (including phenoxy) is 2. The molecule has 0 saturated heterocycles.